The van der Waals surface area contributed by atoms with Crippen LogP contribution in [0.3, 0.4) is 0 Å². The molecule has 0 aliphatic heterocycles. The smallest absolute Gasteiger partial charge is 0.191 e. The lowest BCUT2D eigenvalue weighted by Gasteiger charge is -2.14. The Morgan fingerprint density at radius 2 is 1.88 bits per heavy atom. The van der Waals surface area contributed by atoms with Gasteiger partial charge in [0.25, 0.3) is 0 Å². The highest BCUT2D eigenvalue weighted by atomic mass is 127. The van der Waals surface area contributed by atoms with Gasteiger partial charge < -0.3 is 15.1 Å². The largest absolute Gasteiger partial charge is 0.467 e. The second-order valence-electron chi connectivity index (χ2n) is 5.83. The van der Waals surface area contributed by atoms with E-state index in [4.69, 9.17) is 4.42 Å². The Balaban J connectivity index is 0.00000243. The van der Waals surface area contributed by atoms with Gasteiger partial charge in [0.15, 0.2) is 5.96 Å². The van der Waals surface area contributed by atoms with E-state index < -0.39 is 0 Å². The minimum atomic E-state index is 0. The van der Waals surface area contributed by atoms with Gasteiger partial charge in [-0.1, -0.05) is 18.2 Å². The molecule has 1 aromatic carbocycles. The molecule has 0 bridgehead atoms. The van der Waals surface area contributed by atoms with Crippen LogP contribution in [-0.2, 0) is 13.1 Å². The Labute approximate surface area is 170 Å². The van der Waals surface area contributed by atoms with Gasteiger partial charge in [0.1, 0.15) is 5.76 Å². The summed E-state index contributed by atoms with van der Waals surface area (Å²) in [5.74, 6) is 1.59. The molecule has 0 fully saturated rings. The molecule has 0 amide bonds. The summed E-state index contributed by atoms with van der Waals surface area (Å²) in [5.41, 5.74) is 4.35. The van der Waals surface area contributed by atoms with Crippen molar-refractivity contribution in [2.45, 2.75) is 26.9 Å². The molecule has 0 atom stereocenters. The molecule has 138 valence electrons. The van der Waals surface area contributed by atoms with Gasteiger partial charge >= 0.3 is 0 Å². The van der Waals surface area contributed by atoms with Crippen LogP contribution in [0.1, 0.15) is 22.7 Å². The third kappa shape index (κ3) is 4.87. The van der Waals surface area contributed by atoms with Gasteiger partial charge in [-0.3, -0.25) is 4.99 Å². The van der Waals surface area contributed by atoms with Gasteiger partial charge in [-0.25, -0.2) is 4.68 Å². The molecule has 3 aromatic rings. The summed E-state index contributed by atoms with van der Waals surface area (Å²) in [7, 11) is 1.75. The molecule has 0 radical (unpaired) electrons. The topological polar surface area (TPSA) is 67.4 Å². The summed E-state index contributed by atoms with van der Waals surface area (Å²) < 4.78 is 7.30. The molecule has 2 aromatic heterocycles. The van der Waals surface area contributed by atoms with E-state index in [0.717, 1.165) is 34.4 Å². The molecule has 0 spiro atoms. The Hall–Kier alpha value is -2.29. The molecule has 2 heterocycles. The zero-order valence-electron chi connectivity index (χ0n) is 15.2. The van der Waals surface area contributed by atoms with Crippen molar-refractivity contribution in [3.8, 4) is 5.69 Å². The summed E-state index contributed by atoms with van der Waals surface area (Å²) in [6.07, 6.45) is 1.66. The third-order valence-electron chi connectivity index (χ3n) is 3.91. The molecule has 6 nitrogen and oxygen atoms in total. The number of rotatable bonds is 5. The Morgan fingerprint density at radius 3 is 2.54 bits per heavy atom. The maximum atomic E-state index is 5.33. The van der Waals surface area contributed by atoms with Gasteiger partial charge in [0.05, 0.1) is 24.2 Å². The number of nitrogens with zero attached hydrogens (tertiary/aromatic N) is 3. The average molecular weight is 465 g/mol. The van der Waals surface area contributed by atoms with Crippen molar-refractivity contribution in [2.24, 2.45) is 4.99 Å². The highest BCUT2D eigenvalue weighted by Crippen LogP contribution is 2.16. The van der Waals surface area contributed by atoms with E-state index >= 15 is 0 Å². The van der Waals surface area contributed by atoms with E-state index in [1.165, 1.54) is 0 Å². The summed E-state index contributed by atoms with van der Waals surface area (Å²) >= 11 is 0. The third-order valence-corrected chi connectivity index (χ3v) is 3.91. The predicted octanol–water partition coefficient (Wildman–Crippen LogP) is 3.57. The first-order valence-electron chi connectivity index (χ1n) is 8.26. The van der Waals surface area contributed by atoms with Crippen molar-refractivity contribution < 1.29 is 4.42 Å². The Bertz CT molecular complexity index is 855. The molecule has 26 heavy (non-hydrogen) atoms. The predicted molar refractivity (Wildman–Crippen MR) is 114 cm³/mol. The van der Waals surface area contributed by atoms with Crippen molar-refractivity contribution in [1.82, 2.24) is 20.4 Å². The summed E-state index contributed by atoms with van der Waals surface area (Å²) in [4.78, 5) is 4.26. The second kappa shape index (κ2) is 9.42. The standard InChI is InChI=1S/C19H23N5O.HI/c1-14-11-15(2)24(23-14)18-9-5-4-7-16(18)12-21-19(20-3)22-13-17-8-6-10-25-17;/h4-11H,12-13H2,1-3H3,(H2,20,21,22);1H. The zero-order valence-corrected chi connectivity index (χ0v) is 17.5. The Morgan fingerprint density at radius 1 is 1.12 bits per heavy atom. The van der Waals surface area contributed by atoms with Crippen LogP contribution in [0.2, 0.25) is 0 Å². The lowest BCUT2D eigenvalue weighted by molar-refractivity contribution is 0.501. The number of hydrogen-bond acceptors (Lipinski definition) is 3. The highest BCUT2D eigenvalue weighted by Gasteiger charge is 2.09. The maximum Gasteiger partial charge on any atom is 0.191 e. The minimum absolute atomic E-state index is 0. The van der Waals surface area contributed by atoms with Crippen molar-refractivity contribution in [2.75, 3.05) is 7.05 Å². The minimum Gasteiger partial charge on any atom is -0.467 e. The van der Waals surface area contributed by atoms with Crippen LogP contribution < -0.4 is 10.6 Å². The SMILES string of the molecule is CN=C(NCc1ccco1)NCc1ccccc1-n1nc(C)cc1C.I. The number of halogens is 1. The molecule has 0 aliphatic rings. The molecule has 0 aliphatic carbocycles. The molecule has 3 rings (SSSR count). The van der Waals surface area contributed by atoms with Gasteiger partial charge in [0.2, 0.25) is 0 Å². The van der Waals surface area contributed by atoms with Crippen LogP contribution in [-0.4, -0.2) is 22.8 Å². The summed E-state index contributed by atoms with van der Waals surface area (Å²) in [5, 5.41) is 11.2. The second-order valence-corrected chi connectivity index (χ2v) is 5.83. The zero-order chi connectivity index (χ0) is 17.6. The van der Waals surface area contributed by atoms with Crippen LogP contribution in [0.25, 0.3) is 5.69 Å². The van der Waals surface area contributed by atoms with E-state index in [2.05, 4.69) is 45.8 Å². The molecule has 0 unspecified atom stereocenters. The van der Waals surface area contributed by atoms with E-state index in [1.807, 2.05) is 35.9 Å². The first kappa shape index (κ1) is 20.0. The molecule has 0 saturated carbocycles. The van der Waals surface area contributed by atoms with E-state index in [9.17, 15) is 0 Å². The number of guanidine groups is 1. The number of aromatic nitrogens is 2. The molecule has 0 saturated heterocycles. The number of aliphatic imine (C=N–C) groups is 1. The number of nitrogens with one attached hydrogen (secondary N) is 2. The van der Waals surface area contributed by atoms with E-state index in [-0.39, 0.29) is 24.0 Å². The van der Waals surface area contributed by atoms with Crippen molar-refractivity contribution in [3.05, 3.63) is 71.4 Å². The van der Waals surface area contributed by atoms with Gasteiger partial charge in [-0.2, -0.15) is 5.10 Å². The van der Waals surface area contributed by atoms with Crippen LogP contribution in [0, 0.1) is 13.8 Å². The number of furan rings is 1. The normalized spacial score (nSPS) is 11.1. The monoisotopic (exact) mass is 465 g/mol. The number of aryl methyl sites for hydroxylation is 2. The summed E-state index contributed by atoms with van der Waals surface area (Å²) in [6.45, 7) is 5.30. The average Bonchev–Trinajstić information content (AvgIpc) is 3.24. The molecule has 7 heteroatoms. The van der Waals surface area contributed by atoms with Crippen molar-refractivity contribution in [1.29, 1.82) is 0 Å². The fraction of sp³-hybridized carbons (Fsp3) is 0.263. The van der Waals surface area contributed by atoms with Crippen LogP contribution in [0.4, 0.5) is 0 Å². The fourth-order valence-corrected chi connectivity index (χ4v) is 2.72. The van der Waals surface area contributed by atoms with Crippen molar-refractivity contribution >= 4 is 29.9 Å². The lowest BCUT2D eigenvalue weighted by atomic mass is 10.1. The molecule has 2 N–H and O–H groups in total. The molecular formula is C19H24IN5O. The number of hydrogen-bond donors (Lipinski definition) is 2. The van der Waals surface area contributed by atoms with Gasteiger partial charge in [0, 0.05) is 19.3 Å². The van der Waals surface area contributed by atoms with E-state index in [1.54, 1.807) is 13.3 Å². The number of para-hydroxylation sites is 1. The van der Waals surface area contributed by atoms with Crippen molar-refractivity contribution in [3.63, 3.8) is 0 Å². The number of benzene rings is 1. The first-order valence-corrected chi connectivity index (χ1v) is 8.26. The van der Waals surface area contributed by atoms with Gasteiger partial charge in [-0.15, -0.1) is 24.0 Å². The first-order chi connectivity index (χ1) is 12.2. The molecular weight excluding hydrogens is 441 g/mol. The summed E-state index contributed by atoms with van der Waals surface area (Å²) in [6, 6.07) is 14.1. The maximum absolute atomic E-state index is 5.33. The van der Waals surface area contributed by atoms with Crippen LogP contribution >= 0.6 is 24.0 Å². The van der Waals surface area contributed by atoms with E-state index in [0.29, 0.717) is 13.1 Å². The fourth-order valence-electron chi connectivity index (χ4n) is 2.72. The van der Waals surface area contributed by atoms with Crippen LogP contribution in [0.15, 0.2) is 58.1 Å². The lowest BCUT2D eigenvalue weighted by Crippen LogP contribution is -2.36. The quantitative estimate of drug-likeness (QED) is 0.344. The highest BCUT2D eigenvalue weighted by molar-refractivity contribution is 14.0. The van der Waals surface area contributed by atoms with Crippen LogP contribution in [0.5, 0.6) is 0 Å². The van der Waals surface area contributed by atoms with Gasteiger partial charge in [-0.05, 0) is 43.7 Å². The Kier molecular flexibility index (Phi) is 7.26.